The molecule has 1 aliphatic rings. The summed E-state index contributed by atoms with van der Waals surface area (Å²) in [5.41, 5.74) is 4.56. The number of hydrogen-bond donors (Lipinski definition) is 0. The molecule has 1 fully saturated rings. The van der Waals surface area contributed by atoms with Crippen molar-refractivity contribution >= 4 is 23.2 Å². The van der Waals surface area contributed by atoms with Gasteiger partial charge in [0.15, 0.2) is 0 Å². The highest BCUT2D eigenvalue weighted by Crippen LogP contribution is 2.26. The molecule has 1 unspecified atom stereocenters. The van der Waals surface area contributed by atoms with Gasteiger partial charge in [0.1, 0.15) is 6.10 Å². The van der Waals surface area contributed by atoms with Gasteiger partial charge in [-0.25, -0.2) is 0 Å². The van der Waals surface area contributed by atoms with Gasteiger partial charge in [0.05, 0.1) is 42.1 Å². The van der Waals surface area contributed by atoms with Crippen LogP contribution >= 0.6 is 23.2 Å². The topological polar surface area (TPSA) is 30.9 Å². The molecule has 0 aromatic heterocycles. The van der Waals surface area contributed by atoms with Crippen LogP contribution in [0.15, 0.2) is 109 Å². The number of ether oxygens (including phenoxy) is 3. The van der Waals surface area contributed by atoms with E-state index in [1.807, 2.05) is 72.8 Å². The van der Waals surface area contributed by atoms with Crippen molar-refractivity contribution in [1.29, 1.82) is 0 Å². The Kier molecular flexibility index (Phi) is 10.7. The van der Waals surface area contributed by atoms with E-state index >= 15 is 0 Å². The van der Waals surface area contributed by atoms with Gasteiger partial charge in [-0.3, -0.25) is 4.90 Å². The predicted molar refractivity (Wildman–Crippen MR) is 162 cm³/mol. The molecule has 0 amide bonds. The maximum atomic E-state index is 6.60. The number of likely N-dealkylation sites (tertiary alicyclic amines) is 1. The Bertz CT molecular complexity index is 1250. The average Bonchev–Trinajstić information content (AvgIpc) is 3.00. The first-order chi connectivity index (χ1) is 19.6. The molecule has 1 saturated heterocycles. The SMILES string of the molecule is Clc1ccc(CCN2C[C@H](OCc3ccccc3)C(OCc3ccccc3)[C@H](OCc3ccccc3)C2)cc1Cl. The van der Waals surface area contributed by atoms with Crippen molar-refractivity contribution < 1.29 is 14.2 Å². The van der Waals surface area contributed by atoms with Crippen molar-refractivity contribution in [2.24, 2.45) is 0 Å². The van der Waals surface area contributed by atoms with E-state index in [1.165, 1.54) is 0 Å². The minimum absolute atomic E-state index is 0.160. The van der Waals surface area contributed by atoms with Crippen LogP contribution in [0, 0.1) is 0 Å². The second-order valence-electron chi connectivity index (χ2n) is 10.2. The quantitative estimate of drug-likeness (QED) is 0.174. The summed E-state index contributed by atoms with van der Waals surface area (Å²) in [6.45, 7) is 3.88. The second kappa shape index (κ2) is 14.8. The highest BCUT2D eigenvalue weighted by molar-refractivity contribution is 6.42. The van der Waals surface area contributed by atoms with E-state index in [-0.39, 0.29) is 18.3 Å². The lowest BCUT2D eigenvalue weighted by molar-refractivity contribution is -0.184. The summed E-state index contributed by atoms with van der Waals surface area (Å²) in [7, 11) is 0. The first-order valence-electron chi connectivity index (χ1n) is 13.8. The summed E-state index contributed by atoms with van der Waals surface area (Å²) in [6.07, 6.45) is 0.317. The minimum atomic E-state index is -0.214. The Hall–Kier alpha value is -2.70. The molecule has 0 saturated carbocycles. The normalized spacial score (nSPS) is 19.5. The monoisotopic (exact) mass is 575 g/mol. The molecule has 1 aliphatic heterocycles. The van der Waals surface area contributed by atoms with E-state index in [1.54, 1.807) is 0 Å². The van der Waals surface area contributed by atoms with E-state index in [9.17, 15) is 0 Å². The molecule has 40 heavy (non-hydrogen) atoms. The van der Waals surface area contributed by atoms with Crippen molar-refractivity contribution in [3.8, 4) is 0 Å². The molecular weight excluding hydrogens is 541 g/mol. The van der Waals surface area contributed by atoms with Crippen LogP contribution < -0.4 is 0 Å². The van der Waals surface area contributed by atoms with Gasteiger partial charge in [-0.15, -0.1) is 0 Å². The maximum Gasteiger partial charge on any atom is 0.113 e. The van der Waals surface area contributed by atoms with Gasteiger partial charge >= 0.3 is 0 Å². The van der Waals surface area contributed by atoms with Crippen molar-refractivity contribution in [3.05, 3.63) is 141 Å². The first kappa shape index (κ1) is 28.8. The van der Waals surface area contributed by atoms with Gasteiger partial charge < -0.3 is 14.2 Å². The standard InChI is InChI=1S/C34H35Cl2NO3/c35-30-17-16-26(20-31(30)36)18-19-37-21-32(38-23-27-10-4-1-5-11-27)34(40-25-29-14-8-3-9-15-29)33(22-37)39-24-28-12-6-2-7-13-28/h1-17,20,32-34H,18-19,21-25H2/t32-,33+,34?. The van der Waals surface area contributed by atoms with Crippen LogP contribution in [0.25, 0.3) is 0 Å². The molecule has 4 nitrogen and oxygen atoms in total. The lowest BCUT2D eigenvalue weighted by atomic mass is 9.99. The highest BCUT2D eigenvalue weighted by atomic mass is 35.5. The van der Waals surface area contributed by atoms with Gasteiger partial charge in [-0.1, -0.05) is 120 Å². The van der Waals surface area contributed by atoms with E-state index in [0.717, 1.165) is 48.3 Å². The Balaban J connectivity index is 1.33. The molecule has 0 N–H and O–H groups in total. The molecular formula is C34H35Cl2NO3. The van der Waals surface area contributed by atoms with Crippen LogP contribution in [-0.2, 0) is 40.5 Å². The van der Waals surface area contributed by atoms with Crippen LogP contribution in [0.1, 0.15) is 22.3 Å². The molecule has 4 aromatic rings. The van der Waals surface area contributed by atoms with Crippen LogP contribution in [0.4, 0.5) is 0 Å². The zero-order chi connectivity index (χ0) is 27.6. The molecule has 1 heterocycles. The Morgan fingerprint density at radius 2 is 1.02 bits per heavy atom. The summed E-state index contributed by atoms with van der Waals surface area (Å²) < 4.78 is 19.8. The third-order valence-electron chi connectivity index (χ3n) is 7.21. The van der Waals surface area contributed by atoms with E-state index in [0.29, 0.717) is 29.9 Å². The first-order valence-corrected chi connectivity index (χ1v) is 14.5. The van der Waals surface area contributed by atoms with Crippen LogP contribution in [0.5, 0.6) is 0 Å². The number of benzene rings is 4. The maximum absolute atomic E-state index is 6.60. The summed E-state index contributed by atoms with van der Waals surface area (Å²) in [6, 6.07) is 36.7. The minimum Gasteiger partial charge on any atom is -0.369 e. The molecule has 0 bridgehead atoms. The van der Waals surface area contributed by atoms with Gasteiger partial charge in [-0.05, 0) is 40.8 Å². The van der Waals surface area contributed by atoms with Crippen molar-refractivity contribution in [2.45, 2.75) is 44.6 Å². The zero-order valence-electron chi connectivity index (χ0n) is 22.5. The molecule has 0 radical (unpaired) electrons. The summed E-state index contributed by atoms with van der Waals surface area (Å²) in [5.74, 6) is 0. The Labute approximate surface area is 247 Å². The Morgan fingerprint density at radius 1 is 0.550 bits per heavy atom. The second-order valence-corrected chi connectivity index (χ2v) is 11.0. The smallest absolute Gasteiger partial charge is 0.113 e. The molecule has 6 heteroatoms. The van der Waals surface area contributed by atoms with Crippen molar-refractivity contribution in [3.63, 3.8) is 0 Å². The number of nitrogens with zero attached hydrogens (tertiary/aromatic N) is 1. The van der Waals surface area contributed by atoms with Crippen LogP contribution in [0.3, 0.4) is 0 Å². The average molecular weight is 577 g/mol. The molecule has 5 rings (SSSR count). The highest BCUT2D eigenvalue weighted by Gasteiger charge is 2.39. The van der Waals surface area contributed by atoms with Crippen LogP contribution in [0.2, 0.25) is 10.0 Å². The van der Waals surface area contributed by atoms with Gasteiger partial charge in [0.2, 0.25) is 0 Å². The van der Waals surface area contributed by atoms with E-state index in [2.05, 4.69) is 41.3 Å². The van der Waals surface area contributed by atoms with E-state index in [4.69, 9.17) is 37.4 Å². The van der Waals surface area contributed by atoms with Crippen LogP contribution in [-0.4, -0.2) is 42.8 Å². The van der Waals surface area contributed by atoms with Crippen molar-refractivity contribution in [1.82, 2.24) is 4.90 Å². The zero-order valence-corrected chi connectivity index (χ0v) is 24.0. The molecule has 3 atom stereocenters. The molecule has 208 valence electrons. The number of piperidine rings is 1. The van der Waals surface area contributed by atoms with Gasteiger partial charge in [0.25, 0.3) is 0 Å². The molecule has 0 spiro atoms. The third kappa shape index (κ3) is 8.40. The molecule has 0 aliphatic carbocycles. The fourth-order valence-electron chi connectivity index (χ4n) is 5.03. The van der Waals surface area contributed by atoms with E-state index < -0.39 is 0 Å². The van der Waals surface area contributed by atoms with Crippen molar-refractivity contribution in [2.75, 3.05) is 19.6 Å². The molecule has 4 aromatic carbocycles. The summed E-state index contributed by atoms with van der Waals surface area (Å²) in [4.78, 5) is 2.41. The van der Waals surface area contributed by atoms with Gasteiger partial charge in [0, 0.05) is 19.6 Å². The lowest BCUT2D eigenvalue weighted by Gasteiger charge is -2.43. The summed E-state index contributed by atoms with van der Waals surface area (Å²) >= 11 is 12.4. The number of rotatable bonds is 12. The largest absolute Gasteiger partial charge is 0.369 e. The summed E-state index contributed by atoms with van der Waals surface area (Å²) in [5, 5.41) is 1.16. The van der Waals surface area contributed by atoms with Gasteiger partial charge in [-0.2, -0.15) is 0 Å². The number of hydrogen-bond acceptors (Lipinski definition) is 4. The predicted octanol–water partition coefficient (Wildman–Crippen LogP) is 7.61. The fourth-order valence-corrected chi connectivity index (χ4v) is 5.35. The third-order valence-corrected chi connectivity index (χ3v) is 7.95. The number of halogens is 2. The fraction of sp³-hybridized carbons (Fsp3) is 0.294. The Morgan fingerprint density at radius 3 is 1.50 bits per heavy atom. The lowest BCUT2D eigenvalue weighted by Crippen LogP contribution is -2.58.